The summed E-state index contributed by atoms with van der Waals surface area (Å²) >= 11 is 0. The number of benzene rings is 2. The molecule has 0 aliphatic carbocycles. The molecule has 1 saturated heterocycles. The number of hydrogen-bond donors (Lipinski definition) is 1. The molecular weight excluding hydrogens is 520 g/mol. The molecule has 1 N–H and O–H groups in total. The van der Waals surface area contributed by atoms with Gasteiger partial charge in [0.05, 0.1) is 7.11 Å². The van der Waals surface area contributed by atoms with E-state index in [0.29, 0.717) is 12.3 Å². The number of rotatable bonds is 9. The molecule has 41 heavy (non-hydrogen) atoms. The maximum atomic E-state index is 13.4. The third-order valence-electron chi connectivity index (χ3n) is 7.67. The van der Waals surface area contributed by atoms with Gasteiger partial charge in [-0.2, -0.15) is 0 Å². The fraction of sp³-hybridized carbons (Fsp3) is 0.394. The van der Waals surface area contributed by atoms with E-state index in [9.17, 15) is 14.4 Å². The number of aromatic nitrogens is 1. The van der Waals surface area contributed by atoms with Crippen LogP contribution in [0, 0.1) is 11.8 Å². The van der Waals surface area contributed by atoms with Crippen molar-refractivity contribution in [2.24, 2.45) is 11.8 Å². The molecule has 1 aromatic heterocycles. The van der Waals surface area contributed by atoms with Gasteiger partial charge in [-0.15, -0.1) is 0 Å². The molecule has 3 aromatic rings. The largest absolute Gasteiger partial charge is 0.493 e. The summed E-state index contributed by atoms with van der Waals surface area (Å²) in [5.41, 5.74) is 2.37. The van der Waals surface area contributed by atoms with E-state index in [2.05, 4.69) is 46.7 Å². The molecule has 2 heterocycles. The van der Waals surface area contributed by atoms with Crippen LogP contribution in [0.25, 0.3) is 0 Å². The van der Waals surface area contributed by atoms with Crippen LogP contribution in [-0.2, 0) is 27.2 Å². The number of carbonyl (C=O) groups is 3. The zero-order valence-electron chi connectivity index (χ0n) is 23.9. The Morgan fingerprint density at radius 3 is 2.34 bits per heavy atom. The third kappa shape index (κ3) is 8.16. The lowest BCUT2D eigenvalue weighted by molar-refractivity contribution is -0.154. The summed E-state index contributed by atoms with van der Waals surface area (Å²) in [6.45, 7) is 3.18. The molecule has 0 bridgehead atoms. The topological polar surface area (TPSA) is 104 Å². The number of amides is 1. The van der Waals surface area contributed by atoms with Crippen molar-refractivity contribution in [3.63, 3.8) is 0 Å². The Morgan fingerprint density at radius 2 is 1.68 bits per heavy atom. The first-order valence-electron chi connectivity index (χ1n) is 14.2. The number of ether oxygens (including phenoxy) is 3. The first-order valence-corrected chi connectivity index (χ1v) is 14.2. The number of hydrogen-bond acceptors (Lipinski definition) is 7. The first kappa shape index (κ1) is 29.8. The lowest BCUT2D eigenvalue weighted by Crippen LogP contribution is -2.43. The van der Waals surface area contributed by atoms with E-state index < -0.39 is 23.9 Å². The second-order valence-electron chi connectivity index (χ2n) is 10.5. The molecule has 1 fully saturated rings. The normalized spacial score (nSPS) is 21.0. The SMILES string of the molecule is COc1ccnc(C(=O)NC2CCCC(Cc3ccccc3)C(CCc3ccccc3)C(C)OC2=O)c1OC(C)=O. The smallest absolute Gasteiger partial charge is 0.328 e. The standard InChI is InChI=1S/C33H38N2O6/c1-22-27(18-17-24-11-6-4-7-12-24)26(21-25-13-8-5-9-14-25)15-10-16-28(33(38)40-22)35-32(37)30-31(41-23(2)36)29(39-3)19-20-34-30/h4-9,11-14,19-20,22,26-28H,10,15-18,21H2,1-3H3,(H,35,37). The number of nitrogens with one attached hydrogen (secondary N) is 1. The van der Waals surface area contributed by atoms with Crippen molar-refractivity contribution < 1.29 is 28.6 Å². The van der Waals surface area contributed by atoms with Gasteiger partial charge in [0.2, 0.25) is 5.75 Å². The van der Waals surface area contributed by atoms with E-state index in [4.69, 9.17) is 14.2 Å². The predicted molar refractivity (Wildman–Crippen MR) is 155 cm³/mol. The summed E-state index contributed by atoms with van der Waals surface area (Å²) in [6.07, 6.45) is 5.73. The molecule has 0 spiro atoms. The Labute approximate surface area is 241 Å². The van der Waals surface area contributed by atoms with Crippen molar-refractivity contribution in [2.45, 2.75) is 64.5 Å². The quantitative estimate of drug-likeness (QED) is 0.354. The van der Waals surface area contributed by atoms with Crippen molar-refractivity contribution >= 4 is 17.8 Å². The van der Waals surface area contributed by atoms with Gasteiger partial charge in [0.25, 0.3) is 5.91 Å². The average molecular weight is 559 g/mol. The lowest BCUT2D eigenvalue weighted by Gasteiger charge is -2.31. The zero-order chi connectivity index (χ0) is 29.2. The Hall–Kier alpha value is -4.20. The van der Waals surface area contributed by atoms with Crippen LogP contribution in [0.1, 0.15) is 61.1 Å². The molecule has 0 radical (unpaired) electrons. The van der Waals surface area contributed by atoms with E-state index in [0.717, 1.165) is 32.1 Å². The summed E-state index contributed by atoms with van der Waals surface area (Å²) in [6, 6.07) is 21.4. The van der Waals surface area contributed by atoms with Gasteiger partial charge >= 0.3 is 11.9 Å². The Bertz CT molecular complexity index is 1310. The molecule has 1 aliphatic heterocycles. The molecule has 1 aliphatic rings. The number of esters is 2. The van der Waals surface area contributed by atoms with Crippen molar-refractivity contribution in [3.8, 4) is 11.5 Å². The van der Waals surface area contributed by atoms with Gasteiger partial charge in [-0.3, -0.25) is 9.59 Å². The van der Waals surface area contributed by atoms with Crippen LogP contribution in [0.2, 0.25) is 0 Å². The van der Waals surface area contributed by atoms with Crippen molar-refractivity contribution in [2.75, 3.05) is 7.11 Å². The minimum absolute atomic E-state index is 0.0892. The van der Waals surface area contributed by atoms with Crippen LogP contribution in [-0.4, -0.2) is 42.1 Å². The number of methoxy groups -OCH3 is 1. The molecular formula is C33H38N2O6. The van der Waals surface area contributed by atoms with E-state index in [1.165, 1.54) is 37.4 Å². The number of aryl methyl sites for hydroxylation is 1. The fourth-order valence-corrected chi connectivity index (χ4v) is 5.62. The van der Waals surface area contributed by atoms with Crippen molar-refractivity contribution in [1.29, 1.82) is 0 Å². The predicted octanol–water partition coefficient (Wildman–Crippen LogP) is 5.34. The Kier molecular flexibility index (Phi) is 10.5. The number of carbonyl (C=O) groups excluding carboxylic acids is 3. The molecule has 216 valence electrons. The molecule has 4 rings (SSSR count). The van der Waals surface area contributed by atoms with Crippen molar-refractivity contribution in [3.05, 3.63) is 89.7 Å². The van der Waals surface area contributed by atoms with Crippen LogP contribution < -0.4 is 14.8 Å². The maximum Gasteiger partial charge on any atom is 0.328 e. The Morgan fingerprint density at radius 1 is 1.00 bits per heavy atom. The lowest BCUT2D eigenvalue weighted by atomic mass is 9.77. The van der Waals surface area contributed by atoms with Gasteiger partial charge in [-0.1, -0.05) is 67.1 Å². The van der Waals surface area contributed by atoms with Crippen LogP contribution in [0.4, 0.5) is 0 Å². The minimum Gasteiger partial charge on any atom is -0.493 e. The molecule has 1 amide bonds. The van der Waals surface area contributed by atoms with Gasteiger partial charge in [-0.25, -0.2) is 9.78 Å². The van der Waals surface area contributed by atoms with Gasteiger partial charge in [-0.05, 0) is 62.0 Å². The monoisotopic (exact) mass is 558 g/mol. The molecule has 4 unspecified atom stereocenters. The summed E-state index contributed by atoms with van der Waals surface area (Å²) in [7, 11) is 1.40. The highest BCUT2D eigenvalue weighted by Crippen LogP contribution is 2.34. The second kappa shape index (κ2) is 14.4. The highest BCUT2D eigenvalue weighted by atomic mass is 16.6. The molecule has 2 aromatic carbocycles. The van der Waals surface area contributed by atoms with E-state index >= 15 is 0 Å². The van der Waals surface area contributed by atoms with Crippen molar-refractivity contribution in [1.82, 2.24) is 10.3 Å². The zero-order valence-corrected chi connectivity index (χ0v) is 23.9. The minimum atomic E-state index is -0.867. The van der Waals surface area contributed by atoms with Gasteiger partial charge in [0, 0.05) is 19.2 Å². The van der Waals surface area contributed by atoms with Crippen LogP contribution >= 0.6 is 0 Å². The summed E-state index contributed by atoms with van der Waals surface area (Å²) in [5, 5.41) is 2.78. The van der Waals surface area contributed by atoms with E-state index in [1.807, 2.05) is 31.2 Å². The highest BCUT2D eigenvalue weighted by molar-refractivity contribution is 5.98. The van der Waals surface area contributed by atoms with Gasteiger partial charge in [0.15, 0.2) is 11.4 Å². The maximum absolute atomic E-state index is 13.4. The van der Waals surface area contributed by atoms with Crippen LogP contribution in [0.15, 0.2) is 72.9 Å². The van der Waals surface area contributed by atoms with Gasteiger partial charge < -0.3 is 19.5 Å². The summed E-state index contributed by atoms with van der Waals surface area (Å²) in [4.78, 5) is 42.5. The fourth-order valence-electron chi connectivity index (χ4n) is 5.62. The molecule has 0 saturated carbocycles. The Balaban J connectivity index is 1.54. The molecule has 8 nitrogen and oxygen atoms in total. The summed E-state index contributed by atoms with van der Waals surface area (Å²) < 4.78 is 16.5. The van der Waals surface area contributed by atoms with Crippen LogP contribution in [0.5, 0.6) is 11.5 Å². The summed E-state index contributed by atoms with van der Waals surface area (Å²) in [5.74, 6) is -1.20. The number of pyridine rings is 1. The van der Waals surface area contributed by atoms with E-state index in [-0.39, 0.29) is 29.2 Å². The highest BCUT2D eigenvalue weighted by Gasteiger charge is 2.35. The van der Waals surface area contributed by atoms with Crippen LogP contribution in [0.3, 0.4) is 0 Å². The second-order valence-corrected chi connectivity index (χ2v) is 10.5. The number of cyclic esters (lactones) is 1. The molecule has 8 heteroatoms. The molecule has 4 atom stereocenters. The average Bonchev–Trinajstić information content (AvgIpc) is 3.01. The van der Waals surface area contributed by atoms with E-state index in [1.54, 1.807) is 0 Å². The first-order chi connectivity index (χ1) is 19.9. The number of nitrogens with zero attached hydrogens (tertiary/aromatic N) is 1. The third-order valence-corrected chi connectivity index (χ3v) is 7.67. The van der Waals surface area contributed by atoms with Gasteiger partial charge in [0.1, 0.15) is 12.1 Å².